The number of nitrogens with zero attached hydrogens (tertiary/aromatic N) is 2. The zero-order chi connectivity index (χ0) is 19.4. The number of hydrogen-bond acceptors (Lipinski definition) is 3. The molecule has 1 amide bonds. The molecule has 2 aromatic rings. The van der Waals surface area contributed by atoms with Crippen molar-refractivity contribution >= 4 is 11.6 Å². The summed E-state index contributed by atoms with van der Waals surface area (Å²) in [5, 5.41) is 0. The van der Waals surface area contributed by atoms with E-state index in [4.69, 9.17) is 4.74 Å². The topological polar surface area (TPSA) is 32.8 Å². The Kier molecular flexibility index (Phi) is 5.79. The number of carbonyl (C=O) groups excluding carboxylic acids is 1. The summed E-state index contributed by atoms with van der Waals surface area (Å²) in [7, 11) is 0. The lowest BCUT2D eigenvalue weighted by Crippen LogP contribution is -2.44. The van der Waals surface area contributed by atoms with Crippen molar-refractivity contribution in [1.29, 1.82) is 0 Å². The highest BCUT2D eigenvalue weighted by molar-refractivity contribution is 6.09. The zero-order valence-corrected chi connectivity index (χ0v) is 16.8. The van der Waals surface area contributed by atoms with Gasteiger partial charge in [0.1, 0.15) is 0 Å². The normalized spacial score (nSPS) is 22.5. The summed E-state index contributed by atoms with van der Waals surface area (Å²) in [6, 6.07) is 18.0. The van der Waals surface area contributed by atoms with Gasteiger partial charge in [0, 0.05) is 18.7 Å². The molecule has 4 heteroatoms. The van der Waals surface area contributed by atoms with Gasteiger partial charge < -0.3 is 14.5 Å². The van der Waals surface area contributed by atoms with Crippen LogP contribution < -0.4 is 4.90 Å². The number of amides is 1. The molecule has 0 aliphatic carbocycles. The van der Waals surface area contributed by atoms with Gasteiger partial charge in [0.2, 0.25) is 0 Å². The Morgan fingerprint density at radius 3 is 2.39 bits per heavy atom. The predicted octanol–water partition coefficient (Wildman–Crippen LogP) is 4.19. The van der Waals surface area contributed by atoms with E-state index in [1.54, 1.807) is 0 Å². The summed E-state index contributed by atoms with van der Waals surface area (Å²) >= 11 is 0. The molecule has 0 saturated carbocycles. The van der Waals surface area contributed by atoms with Crippen LogP contribution in [0.3, 0.4) is 0 Å². The maximum atomic E-state index is 13.7. The summed E-state index contributed by atoms with van der Waals surface area (Å²) < 4.78 is 6.24. The number of carbonyl (C=O) groups is 1. The van der Waals surface area contributed by atoms with E-state index in [1.807, 2.05) is 60.4 Å². The number of rotatable bonds is 7. The quantitative estimate of drug-likeness (QED) is 0.724. The molecule has 2 aromatic carbocycles. The van der Waals surface area contributed by atoms with Crippen LogP contribution in [0.5, 0.6) is 0 Å². The number of para-hydroxylation sites is 1. The molecule has 0 spiro atoms. The summed E-state index contributed by atoms with van der Waals surface area (Å²) in [4.78, 5) is 18.2. The molecular formula is C24H30N2O2. The highest BCUT2D eigenvalue weighted by Crippen LogP contribution is 2.46. The number of ether oxygens (including phenoxy) is 1. The van der Waals surface area contributed by atoms with Crippen LogP contribution in [0.4, 0.5) is 5.69 Å². The number of benzene rings is 2. The first-order chi connectivity index (χ1) is 13.8. The maximum Gasteiger partial charge on any atom is 0.268 e. The van der Waals surface area contributed by atoms with Gasteiger partial charge in [-0.15, -0.1) is 0 Å². The monoisotopic (exact) mass is 378 g/mol. The Hall–Kier alpha value is -2.17. The molecule has 1 atom stereocenters. The van der Waals surface area contributed by atoms with Crippen LogP contribution in [0.25, 0.3) is 0 Å². The van der Waals surface area contributed by atoms with Crippen LogP contribution in [0.1, 0.15) is 43.7 Å². The molecule has 28 heavy (non-hydrogen) atoms. The second-order valence-corrected chi connectivity index (χ2v) is 7.71. The van der Waals surface area contributed by atoms with Crippen LogP contribution in [0.2, 0.25) is 0 Å². The predicted molar refractivity (Wildman–Crippen MR) is 113 cm³/mol. The van der Waals surface area contributed by atoms with Crippen molar-refractivity contribution in [2.24, 2.45) is 0 Å². The van der Waals surface area contributed by atoms with Crippen molar-refractivity contribution in [2.75, 3.05) is 37.7 Å². The van der Waals surface area contributed by atoms with Gasteiger partial charge in [-0.2, -0.15) is 0 Å². The minimum atomic E-state index is -1.03. The largest absolute Gasteiger partial charge is 0.356 e. The van der Waals surface area contributed by atoms with Crippen molar-refractivity contribution in [3.8, 4) is 0 Å². The van der Waals surface area contributed by atoms with Gasteiger partial charge in [0.15, 0.2) is 5.60 Å². The Morgan fingerprint density at radius 1 is 0.929 bits per heavy atom. The fourth-order valence-electron chi connectivity index (χ4n) is 4.67. The highest BCUT2D eigenvalue weighted by Gasteiger charge is 2.52. The lowest BCUT2D eigenvalue weighted by Gasteiger charge is -2.30. The molecule has 148 valence electrons. The Morgan fingerprint density at radius 2 is 1.64 bits per heavy atom. The first-order valence-corrected chi connectivity index (χ1v) is 10.6. The number of piperidine rings is 1. The molecule has 2 aliphatic heterocycles. The fourth-order valence-corrected chi connectivity index (χ4v) is 4.67. The van der Waals surface area contributed by atoms with Gasteiger partial charge in [-0.05, 0) is 57.5 Å². The summed E-state index contributed by atoms with van der Waals surface area (Å²) in [5.41, 5.74) is 1.83. The van der Waals surface area contributed by atoms with E-state index in [2.05, 4.69) is 11.0 Å². The minimum absolute atomic E-state index is 0.0420. The molecular weight excluding hydrogens is 348 g/mol. The number of hydrogen-bond donors (Lipinski definition) is 0. The Labute approximate surface area is 168 Å². The Bertz CT molecular complexity index is 801. The molecule has 0 radical (unpaired) electrons. The van der Waals surface area contributed by atoms with E-state index >= 15 is 0 Å². The van der Waals surface area contributed by atoms with Crippen LogP contribution in [-0.4, -0.2) is 43.6 Å². The lowest BCUT2D eigenvalue weighted by atomic mass is 9.87. The van der Waals surface area contributed by atoms with Crippen molar-refractivity contribution in [1.82, 2.24) is 4.90 Å². The van der Waals surface area contributed by atoms with Crippen molar-refractivity contribution < 1.29 is 9.53 Å². The number of likely N-dealkylation sites (tertiary alicyclic amines) is 1. The van der Waals surface area contributed by atoms with Gasteiger partial charge >= 0.3 is 0 Å². The lowest BCUT2D eigenvalue weighted by molar-refractivity contribution is -0.137. The number of anilines is 1. The van der Waals surface area contributed by atoms with Gasteiger partial charge in [-0.1, -0.05) is 55.0 Å². The zero-order valence-electron chi connectivity index (χ0n) is 16.8. The SMILES string of the molecule is CCOC1(c2ccccc2)C(=O)N(CCCN2CCCCC2)c2ccccc21. The van der Waals surface area contributed by atoms with Gasteiger partial charge in [0.05, 0.1) is 5.69 Å². The molecule has 2 heterocycles. The average Bonchev–Trinajstić information content (AvgIpc) is 2.99. The van der Waals surface area contributed by atoms with Crippen LogP contribution in [-0.2, 0) is 15.1 Å². The van der Waals surface area contributed by atoms with Crippen molar-refractivity contribution in [3.63, 3.8) is 0 Å². The van der Waals surface area contributed by atoms with E-state index in [0.717, 1.165) is 36.3 Å². The van der Waals surface area contributed by atoms with E-state index in [1.165, 1.54) is 32.4 Å². The minimum Gasteiger partial charge on any atom is -0.356 e. The molecule has 0 N–H and O–H groups in total. The van der Waals surface area contributed by atoms with E-state index in [0.29, 0.717) is 6.61 Å². The highest BCUT2D eigenvalue weighted by atomic mass is 16.5. The summed E-state index contributed by atoms with van der Waals surface area (Å²) in [6.45, 7) is 6.61. The van der Waals surface area contributed by atoms with Crippen molar-refractivity contribution in [2.45, 2.75) is 38.2 Å². The standard InChI is InChI=1S/C24H30N2O2/c1-2-28-24(20-12-5-3-6-13-20)21-14-7-8-15-22(21)26(23(24)27)19-11-18-25-16-9-4-10-17-25/h3,5-8,12-15H,2,4,9-11,16-19H2,1H3. The molecule has 4 nitrogen and oxygen atoms in total. The summed E-state index contributed by atoms with van der Waals surface area (Å²) in [5.74, 6) is 0.0420. The first-order valence-electron chi connectivity index (χ1n) is 10.6. The van der Waals surface area contributed by atoms with Gasteiger partial charge in [0.25, 0.3) is 5.91 Å². The number of fused-ring (bicyclic) bond motifs is 1. The second kappa shape index (κ2) is 8.46. The van der Waals surface area contributed by atoms with Crippen molar-refractivity contribution in [3.05, 3.63) is 65.7 Å². The van der Waals surface area contributed by atoms with E-state index < -0.39 is 5.60 Å². The maximum absolute atomic E-state index is 13.7. The van der Waals surface area contributed by atoms with Crippen LogP contribution >= 0.6 is 0 Å². The van der Waals surface area contributed by atoms with Gasteiger partial charge in [-0.25, -0.2) is 0 Å². The molecule has 1 fully saturated rings. The van der Waals surface area contributed by atoms with E-state index in [-0.39, 0.29) is 5.91 Å². The van der Waals surface area contributed by atoms with Gasteiger partial charge in [-0.3, -0.25) is 4.79 Å². The molecule has 0 bridgehead atoms. The third kappa shape index (κ3) is 3.36. The molecule has 1 unspecified atom stereocenters. The van der Waals surface area contributed by atoms with E-state index in [9.17, 15) is 4.79 Å². The summed E-state index contributed by atoms with van der Waals surface area (Å²) in [6.07, 6.45) is 4.93. The third-order valence-corrected chi connectivity index (χ3v) is 5.97. The Balaban J connectivity index is 1.61. The van der Waals surface area contributed by atoms with Crippen LogP contribution in [0.15, 0.2) is 54.6 Å². The molecule has 4 rings (SSSR count). The first kappa shape index (κ1) is 19.2. The smallest absolute Gasteiger partial charge is 0.268 e. The van der Waals surface area contributed by atoms with Crippen LogP contribution in [0, 0.1) is 0 Å². The molecule has 0 aromatic heterocycles. The molecule has 1 saturated heterocycles. The molecule has 2 aliphatic rings. The average molecular weight is 379 g/mol. The second-order valence-electron chi connectivity index (χ2n) is 7.71. The fraction of sp³-hybridized carbons (Fsp3) is 0.458. The third-order valence-electron chi connectivity index (χ3n) is 5.97.